The van der Waals surface area contributed by atoms with Gasteiger partial charge in [-0.1, -0.05) is 49.4 Å². The van der Waals surface area contributed by atoms with Crippen molar-refractivity contribution in [3.05, 3.63) is 48.0 Å². The number of methoxy groups -OCH3 is 1. The number of rotatable bonds is 8. The van der Waals surface area contributed by atoms with Crippen LogP contribution in [0.3, 0.4) is 0 Å². The number of nitrogens with one attached hydrogen (secondary N) is 1. The second-order valence-electron chi connectivity index (χ2n) is 5.08. The van der Waals surface area contributed by atoms with Crippen LogP contribution in [0.1, 0.15) is 18.9 Å². The van der Waals surface area contributed by atoms with Crippen LogP contribution >= 0.6 is 0 Å². The summed E-state index contributed by atoms with van der Waals surface area (Å²) in [4.78, 5) is 22.5. The molecule has 23 heavy (non-hydrogen) atoms. The molecule has 1 aromatic carbocycles. The molecule has 0 fully saturated rings. The Labute approximate surface area is 136 Å². The molecule has 6 heteroatoms. The van der Waals surface area contributed by atoms with Gasteiger partial charge in [0.05, 0.1) is 19.6 Å². The third-order valence-corrected chi connectivity index (χ3v) is 3.23. The molecule has 6 nitrogen and oxygen atoms in total. The largest absolute Gasteiger partial charge is 0.469 e. The summed E-state index contributed by atoms with van der Waals surface area (Å²) < 4.78 is 9.55. The molecule has 0 heterocycles. The lowest BCUT2D eigenvalue weighted by Gasteiger charge is -2.16. The lowest BCUT2D eigenvalue weighted by Crippen LogP contribution is -2.35. The first-order valence-electron chi connectivity index (χ1n) is 7.39. The van der Waals surface area contributed by atoms with E-state index in [1.807, 2.05) is 30.3 Å². The Balaban J connectivity index is 2.24. The highest BCUT2D eigenvalue weighted by molar-refractivity contribution is 5.70. The summed E-state index contributed by atoms with van der Waals surface area (Å²) in [6, 6.07) is 9.33. The average Bonchev–Trinajstić information content (AvgIpc) is 2.58. The van der Waals surface area contributed by atoms with E-state index in [9.17, 15) is 14.7 Å². The minimum absolute atomic E-state index is 0.0668. The van der Waals surface area contributed by atoms with E-state index in [1.54, 1.807) is 19.1 Å². The molecule has 0 aromatic heterocycles. The molecule has 0 saturated carbocycles. The number of aliphatic hydroxyl groups excluding tert-OH is 1. The molecule has 0 bridgehead atoms. The van der Waals surface area contributed by atoms with Crippen LogP contribution < -0.4 is 5.32 Å². The van der Waals surface area contributed by atoms with Gasteiger partial charge in [0.25, 0.3) is 0 Å². The summed E-state index contributed by atoms with van der Waals surface area (Å²) in [5.41, 5.74) is 0.891. The number of carbonyl (C=O) groups excluding carboxylic acids is 2. The van der Waals surface area contributed by atoms with Gasteiger partial charge < -0.3 is 19.9 Å². The van der Waals surface area contributed by atoms with Gasteiger partial charge in [-0.05, 0) is 5.56 Å². The molecular weight excluding hydrogens is 298 g/mol. The van der Waals surface area contributed by atoms with Crippen LogP contribution in [0.15, 0.2) is 42.5 Å². The van der Waals surface area contributed by atoms with Crippen LogP contribution in [-0.4, -0.2) is 36.9 Å². The van der Waals surface area contributed by atoms with Crippen molar-refractivity contribution in [3.63, 3.8) is 0 Å². The summed E-state index contributed by atoms with van der Waals surface area (Å²) in [6.07, 6.45) is 2.14. The normalized spacial score (nSPS) is 13.3. The van der Waals surface area contributed by atoms with Crippen LogP contribution in [0.4, 0.5) is 4.79 Å². The Morgan fingerprint density at radius 1 is 1.30 bits per heavy atom. The van der Waals surface area contributed by atoms with E-state index in [0.717, 1.165) is 5.56 Å². The molecule has 0 spiro atoms. The molecule has 0 radical (unpaired) electrons. The zero-order valence-corrected chi connectivity index (χ0v) is 13.4. The zero-order chi connectivity index (χ0) is 17.1. The molecule has 0 saturated heterocycles. The van der Waals surface area contributed by atoms with Crippen LogP contribution in [0.5, 0.6) is 0 Å². The number of alkyl carbamates (subject to hydrolysis) is 1. The topological polar surface area (TPSA) is 84.9 Å². The van der Waals surface area contributed by atoms with E-state index in [4.69, 9.17) is 4.74 Å². The van der Waals surface area contributed by atoms with E-state index in [1.165, 1.54) is 7.11 Å². The summed E-state index contributed by atoms with van der Waals surface area (Å²) in [7, 11) is 1.32. The highest BCUT2D eigenvalue weighted by atomic mass is 16.5. The van der Waals surface area contributed by atoms with E-state index >= 15 is 0 Å². The van der Waals surface area contributed by atoms with Crippen molar-refractivity contribution in [2.45, 2.75) is 26.1 Å². The number of carbonyl (C=O) groups is 2. The fraction of sp³-hybridized carbons (Fsp3) is 0.412. The molecular formula is C17H23NO5. The number of aliphatic hydroxyl groups is 1. The quantitative estimate of drug-likeness (QED) is 0.565. The standard InChI is InChI=1S/C17H23NO5/c1-13(7-6-10-16(20)22-2)15(19)11-18-17(21)23-12-14-8-4-3-5-9-14/h3-9,13,15,19H,10-12H2,1-2H3,(H,18,21)/b7-6+. The van der Waals surface area contributed by atoms with Gasteiger partial charge in [0.1, 0.15) is 6.61 Å². The summed E-state index contributed by atoms with van der Waals surface area (Å²) in [6.45, 7) is 2.03. The molecule has 1 rings (SSSR count). The minimum Gasteiger partial charge on any atom is -0.469 e. The van der Waals surface area contributed by atoms with E-state index in [0.29, 0.717) is 0 Å². The number of esters is 1. The number of hydrogen-bond acceptors (Lipinski definition) is 5. The molecule has 2 N–H and O–H groups in total. The lowest BCUT2D eigenvalue weighted by molar-refractivity contribution is -0.139. The molecule has 126 valence electrons. The number of benzene rings is 1. The highest BCUT2D eigenvalue weighted by Crippen LogP contribution is 2.05. The third-order valence-electron chi connectivity index (χ3n) is 3.23. The monoisotopic (exact) mass is 321 g/mol. The van der Waals surface area contributed by atoms with Crippen LogP contribution in [0.25, 0.3) is 0 Å². The average molecular weight is 321 g/mol. The number of amides is 1. The summed E-state index contributed by atoms with van der Waals surface area (Å²) >= 11 is 0. The van der Waals surface area contributed by atoms with Crippen molar-refractivity contribution >= 4 is 12.1 Å². The van der Waals surface area contributed by atoms with Crippen LogP contribution in [-0.2, 0) is 20.9 Å². The maximum Gasteiger partial charge on any atom is 0.407 e. The Morgan fingerprint density at radius 2 is 2.00 bits per heavy atom. The Kier molecular flexibility index (Phi) is 8.46. The molecule has 0 aliphatic rings. The van der Waals surface area contributed by atoms with Crippen LogP contribution in [0, 0.1) is 5.92 Å². The van der Waals surface area contributed by atoms with Crippen molar-refractivity contribution in [1.82, 2.24) is 5.32 Å². The minimum atomic E-state index is -0.770. The lowest BCUT2D eigenvalue weighted by atomic mass is 10.0. The Hall–Kier alpha value is -2.34. The third kappa shape index (κ3) is 8.01. The van der Waals surface area contributed by atoms with Gasteiger partial charge in [-0.25, -0.2) is 4.79 Å². The smallest absolute Gasteiger partial charge is 0.407 e. The Bertz CT molecular complexity index is 515. The van der Waals surface area contributed by atoms with Gasteiger partial charge in [-0.3, -0.25) is 4.79 Å². The van der Waals surface area contributed by atoms with Gasteiger partial charge in [-0.15, -0.1) is 0 Å². The molecule has 1 aromatic rings. The second kappa shape index (κ2) is 10.4. The van der Waals surface area contributed by atoms with Gasteiger partial charge in [-0.2, -0.15) is 0 Å². The molecule has 2 unspecified atom stereocenters. The fourth-order valence-electron chi connectivity index (χ4n) is 1.74. The summed E-state index contributed by atoms with van der Waals surface area (Å²) in [5.74, 6) is -0.556. The molecule has 2 atom stereocenters. The van der Waals surface area contributed by atoms with E-state index in [2.05, 4.69) is 10.1 Å². The number of hydrogen-bond donors (Lipinski definition) is 2. The predicted octanol–water partition coefficient (Wildman–Crippen LogP) is 2.03. The summed E-state index contributed by atoms with van der Waals surface area (Å²) in [5, 5.41) is 12.4. The first-order valence-corrected chi connectivity index (χ1v) is 7.39. The van der Waals surface area contributed by atoms with E-state index in [-0.39, 0.29) is 31.5 Å². The van der Waals surface area contributed by atoms with Crippen molar-refractivity contribution in [2.75, 3.05) is 13.7 Å². The van der Waals surface area contributed by atoms with Crippen molar-refractivity contribution in [1.29, 1.82) is 0 Å². The maximum atomic E-state index is 11.6. The van der Waals surface area contributed by atoms with Crippen molar-refractivity contribution < 1.29 is 24.2 Å². The maximum absolute atomic E-state index is 11.6. The SMILES string of the molecule is COC(=O)C/C=C/C(C)C(O)CNC(=O)OCc1ccccc1. The highest BCUT2D eigenvalue weighted by Gasteiger charge is 2.13. The van der Waals surface area contributed by atoms with Crippen molar-refractivity contribution in [2.24, 2.45) is 5.92 Å². The van der Waals surface area contributed by atoms with Gasteiger partial charge in [0, 0.05) is 12.5 Å². The fourth-order valence-corrected chi connectivity index (χ4v) is 1.74. The van der Waals surface area contributed by atoms with Gasteiger partial charge in [0.2, 0.25) is 0 Å². The van der Waals surface area contributed by atoms with Crippen molar-refractivity contribution in [3.8, 4) is 0 Å². The van der Waals surface area contributed by atoms with E-state index < -0.39 is 12.2 Å². The Morgan fingerprint density at radius 3 is 2.65 bits per heavy atom. The van der Waals surface area contributed by atoms with Gasteiger partial charge in [0.15, 0.2) is 0 Å². The number of ether oxygens (including phenoxy) is 2. The molecule has 0 aliphatic carbocycles. The van der Waals surface area contributed by atoms with Gasteiger partial charge >= 0.3 is 12.1 Å². The molecule has 0 aliphatic heterocycles. The predicted molar refractivity (Wildman–Crippen MR) is 85.6 cm³/mol. The second-order valence-corrected chi connectivity index (χ2v) is 5.08. The zero-order valence-electron chi connectivity index (χ0n) is 13.4. The van der Waals surface area contributed by atoms with Crippen LogP contribution in [0.2, 0.25) is 0 Å². The first kappa shape index (κ1) is 18.7. The first-order chi connectivity index (χ1) is 11.0. The molecule has 1 amide bonds.